The van der Waals surface area contributed by atoms with Crippen molar-refractivity contribution in [2.24, 2.45) is 11.3 Å². The molecular weight excluding hydrogens is 213 g/mol. The Morgan fingerprint density at radius 2 is 2.12 bits per heavy atom. The summed E-state index contributed by atoms with van der Waals surface area (Å²) in [7, 11) is 5.89. The van der Waals surface area contributed by atoms with Crippen molar-refractivity contribution < 1.29 is 13.6 Å². The van der Waals surface area contributed by atoms with Crippen LogP contribution in [0.2, 0.25) is 5.82 Å². The zero-order valence-corrected chi connectivity index (χ0v) is 9.09. The lowest BCUT2D eigenvalue weighted by Gasteiger charge is -2.30. The summed E-state index contributed by atoms with van der Waals surface area (Å²) in [6, 6.07) is 0. The SMILES string of the molecule is [B]C1CN2CC3(CC2(CON)C1)CC3(F)F. The summed E-state index contributed by atoms with van der Waals surface area (Å²) in [5.41, 5.74) is -1.15. The molecule has 3 aliphatic rings. The minimum Gasteiger partial charge on any atom is -0.303 e. The van der Waals surface area contributed by atoms with Gasteiger partial charge in [0.05, 0.1) is 19.9 Å². The van der Waals surface area contributed by atoms with Crippen LogP contribution in [0.1, 0.15) is 19.3 Å². The molecule has 0 aromatic carbocycles. The average Bonchev–Trinajstić information content (AvgIpc) is 2.42. The second kappa shape index (κ2) is 2.97. The Balaban J connectivity index is 1.84. The molecule has 1 aliphatic carbocycles. The van der Waals surface area contributed by atoms with Crippen molar-refractivity contribution in [1.29, 1.82) is 0 Å². The molecule has 3 rings (SSSR count). The van der Waals surface area contributed by atoms with Crippen molar-refractivity contribution in [2.45, 2.75) is 36.5 Å². The van der Waals surface area contributed by atoms with Gasteiger partial charge in [-0.2, -0.15) is 0 Å². The standard InChI is InChI=1S/C10H15BF2N2O/c11-7-1-9(6-16-14)3-8(4-10(8,12)13)5-15(9)2-7/h7H,1-6,14H2. The summed E-state index contributed by atoms with van der Waals surface area (Å²) in [5.74, 6) is 2.68. The van der Waals surface area contributed by atoms with Crippen molar-refractivity contribution in [3.63, 3.8) is 0 Å². The molecule has 0 aromatic heterocycles. The van der Waals surface area contributed by atoms with E-state index in [1.807, 2.05) is 0 Å². The lowest BCUT2D eigenvalue weighted by Crippen LogP contribution is -2.43. The molecule has 6 heteroatoms. The summed E-state index contributed by atoms with van der Waals surface area (Å²) < 4.78 is 26.8. The lowest BCUT2D eigenvalue weighted by atomic mass is 9.78. The van der Waals surface area contributed by atoms with Gasteiger partial charge in [-0.15, -0.1) is 0 Å². The molecule has 1 saturated carbocycles. The minimum absolute atomic E-state index is 0.0120. The summed E-state index contributed by atoms with van der Waals surface area (Å²) in [4.78, 5) is 6.79. The number of hydrogen-bond acceptors (Lipinski definition) is 3. The number of fused-ring (bicyclic) bond motifs is 1. The Kier molecular flexibility index (Phi) is 2.03. The van der Waals surface area contributed by atoms with E-state index >= 15 is 0 Å². The van der Waals surface area contributed by atoms with Gasteiger partial charge < -0.3 is 4.84 Å². The second-order valence-corrected chi connectivity index (χ2v) is 5.72. The number of hydrogen-bond donors (Lipinski definition) is 1. The van der Waals surface area contributed by atoms with Crippen LogP contribution in [-0.4, -0.2) is 43.9 Å². The highest BCUT2D eigenvalue weighted by Gasteiger charge is 2.77. The Morgan fingerprint density at radius 1 is 1.44 bits per heavy atom. The maximum Gasteiger partial charge on any atom is 0.255 e. The first-order valence-corrected chi connectivity index (χ1v) is 5.63. The zero-order valence-electron chi connectivity index (χ0n) is 9.09. The van der Waals surface area contributed by atoms with E-state index in [1.165, 1.54) is 0 Å². The molecule has 3 fully saturated rings. The minimum atomic E-state index is -2.50. The van der Waals surface area contributed by atoms with Crippen LogP contribution < -0.4 is 5.90 Å². The highest BCUT2D eigenvalue weighted by atomic mass is 19.3. The second-order valence-electron chi connectivity index (χ2n) is 5.72. The number of nitrogens with two attached hydrogens (primary N) is 1. The zero-order chi connectivity index (χ0) is 11.6. The van der Waals surface area contributed by atoms with Gasteiger partial charge in [0.25, 0.3) is 5.92 Å². The average molecular weight is 228 g/mol. The molecule has 2 aliphatic heterocycles. The summed E-state index contributed by atoms with van der Waals surface area (Å²) >= 11 is 0. The van der Waals surface area contributed by atoms with Crippen molar-refractivity contribution in [1.82, 2.24) is 4.90 Å². The molecule has 1 spiro atoms. The molecule has 2 saturated heterocycles. The van der Waals surface area contributed by atoms with Crippen LogP contribution in [0.25, 0.3) is 0 Å². The largest absolute Gasteiger partial charge is 0.303 e. The van der Waals surface area contributed by atoms with Crippen molar-refractivity contribution >= 4 is 7.85 Å². The molecule has 2 N–H and O–H groups in total. The van der Waals surface area contributed by atoms with Gasteiger partial charge in [0.1, 0.15) is 0 Å². The third-order valence-electron chi connectivity index (χ3n) is 4.49. The van der Waals surface area contributed by atoms with E-state index < -0.39 is 11.3 Å². The molecule has 16 heavy (non-hydrogen) atoms. The normalized spacial score (nSPS) is 49.8. The first-order valence-electron chi connectivity index (χ1n) is 5.63. The van der Waals surface area contributed by atoms with Crippen molar-refractivity contribution in [2.75, 3.05) is 19.7 Å². The van der Waals surface area contributed by atoms with E-state index in [-0.39, 0.29) is 17.8 Å². The van der Waals surface area contributed by atoms with Crippen LogP contribution in [0.5, 0.6) is 0 Å². The van der Waals surface area contributed by atoms with E-state index in [4.69, 9.17) is 18.6 Å². The van der Waals surface area contributed by atoms with Gasteiger partial charge in [0.15, 0.2) is 0 Å². The van der Waals surface area contributed by atoms with Crippen LogP contribution in [0.15, 0.2) is 0 Å². The van der Waals surface area contributed by atoms with E-state index in [9.17, 15) is 8.78 Å². The summed E-state index contributed by atoms with van der Waals surface area (Å²) in [6.07, 6.45) is 1.19. The van der Waals surface area contributed by atoms with Gasteiger partial charge in [-0.1, -0.05) is 5.82 Å². The predicted octanol–water partition coefficient (Wildman–Crippen LogP) is 0.707. The van der Waals surface area contributed by atoms with Crippen LogP contribution in [0.4, 0.5) is 8.78 Å². The molecule has 88 valence electrons. The van der Waals surface area contributed by atoms with Gasteiger partial charge in [0.2, 0.25) is 0 Å². The van der Waals surface area contributed by atoms with Gasteiger partial charge in [-0.3, -0.25) is 4.90 Å². The molecule has 2 heterocycles. The topological polar surface area (TPSA) is 38.5 Å². The van der Waals surface area contributed by atoms with Crippen LogP contribution in [-0.2, 0) is 4.84 Å². The highest BCUT2D eigenvalue weighted by molar-refractivity contribution is 6.12. The fraction of sp³-hybridized carbons (Fsp3) is 1.00. The summed E-state index contributed by atoms with van der Waals surface area (Å²) in [6.45, 7) is 1.43. The first kappa shape index (κ1) is 10.9. The van der Waals surface area contributed by atoms with E-state index in [0.717, 1.165) is 0 Å². The Morgan fingerprint density at radius 3 is 2.69 bits per heavy atom. The molecule has 3 nitrogen and oxygen atoms in total. The number of nitrogens with zero attached hydrogens (tertiary/aromatic N) is 1. The molecule has 3 unspecified atom stereocenters. The van der Waals surface area contributed by atoms with E-state index in [0.29, 0.717) is 32.5 Å². The van der Waals surface area contributed by atoms with Gasteiger partial charge in [-0.25, -0.2) is 14.7 Å². The monoisotopic (exact) mass is 228 g/mol. The van der Waals surface area contributed by atoms with Gasteiger partial charge in [-0.05, 0) is 19.4 Å². The third-order valence-corrected chi connectivity index (χ3v) is 4.49. The third kappa shape index (κ3) is 1.24. The molecular formula is C10H15BF2N2O. The van der Waals surface area contributed by atoms with Crippen LogP contribution in [0, 0.1) is 5.41 Å². The van der Waals surface area contributed by atoms with Gasteiger partial charge >= 0.3 is 0 Å². The molecule has 2 radical (unpaired) electrons. The predicted molar refractivity (Wildman–Crippen MR) is 55.2 cm³/mol. The molecule has 3 atom stereocenters. The lowest BCUT2D eigenvalue weighted by molar-refractivity contribution is 0.0330. The smallest absolute Gasteiger partial charge is 0.255 e. The Labute approximate surface area is 94.7 Å². The highest BCUT2D eigenvalue weighted by Crippen LogP contribution is 2.69. The molecule has 0 amide bonds. The summed E-state index contributed by atoms with van der Waals surface area (Å²) in [5, 5.41) is 0. The van der Waals surface area contributed by atoms with Crippen molar-refractivity contribution in [3.8, 4) is 0 Å². The quantitative estimate of drug-likeness (QED) is 0.558. The molecule has 0 bridgehead atoms. The Hall–Kier alpha value is -0.195. The maximum atomic E-state index is 13.4. The molecule has 0 aromatic rings. The van der Waals surface area contributed by atoms with Crippen LogP contribution in [0.3, 0.4) is 0 Å². The first-order chi connectivity index (χ1) is 7.43. The van der Waals surface area contributed by atoms with Crippen molar-refractivity contribution in [3.05, 3.63) is 0 Å². The fourth-order valence-corrected chi connectivity index (χ4v) is 3.73. The Bertz CT molecular complexity index is 330. The number of alkyl halides is 2. The van der Waals surface area contributed by atoms with E-state index in [1.54, 1.807) is 0 Å². The number of halogens is 2. The maximum absolute atomic E-state index is 13.4. The van der Waals surface area contributed by atoms with Gasteiger partial charge in [0, 0.05) is 18.5 Å². The van der Waals surface area contributed by atoms with Crippen LogP contribution >= 0.6 is 0 Å². The fourth-order valence-electron chi connectivity index (χ4n) is 3.73. The number of rotatable bonds is 2. The van der Waals surface area contributed by atoms with E-state index in [2.05, 4.69) is 4.90 Å².